The van der Waals surface area contributed by atoms with E-state index in [0.717, 1.165) is 11.3 Å². The van der Waals surface area contributed by atoms with Crippen LogP contribution in [-0.2, 0) is 14.3 Å². The van der Waals surface area contributed by atoms with Gasteiger partial charge in [-0.25, -0.2) is 4.79 Å². The molecule has 0 saturated heterocycles. The van der Waals surface area contributed by atoms with Gasteiger partial charge in [-0.3, -0.25) is 4.79 Å². The van der Waals surface area contributed by atoms with Gasteiger partial charge in [0.25, 0.3) is 0 Å². The van der Waals surface area contributed by atoms with Crippen LogP contribution in [0.15, 0.2) is 71.1 Å². The second-order valence-corrected chi connectivity index (χ2v) is 8.98. The zero-order valence-electron chi connectivity index (χ0n) is 20.1. The Hall–Kier alpha value is -3.54. The van der Waals surface area contributed by atoms with E-state index in [1.54, 1.807) is 12.1 Å². The molecule has 6 nitrogen and oxygen atoms in total. The summed E-state index contributed by atoms with van der Waals surface area (Å²) in [6, 6.07) is 15.0. The normalized spacial score (nSPS) is 21.0. The fourth-order valence-electron chi connectivity index (χ4n) is 4.81. The predicted molar refractivity (Wildman–Crippen MR) is 130 cm³/mol. The highest BCUT2D eigenvalue weighted by atomic mass is 16.5. The maximum Gasteiger partial charge on any atom is 0.337 e. The van der Waals surface area contributed by atoms with Gasteiger partial charge in [-0.15, -0.1) is 0 Å². The molecule has 1 heterocycles. The van der Waals surface area contributed by atoms with Crippen LogP contribution in [0.4, 0.5) is 0 Å². The molecule has 178 valence electrons. The molecule has 0 fully saturated rings. The number of benzene rings is 2. The minimum absolute atomic E-state index is 0.000912. The van der Waals surface area contributed by atoms with E-state index in [4.69, 9.17) is 9.47 Å². The van der Waals surface area contributed by atoms with Gasteiger partial charge in [0.15, 0.2) is 17.3 Å². The van der Waals surface area contributed by atoms with Crippen LogP contribution in [0, 0.1) is 0 Å². The van der Waals surface area contributed by atoms with Crippen LogP contribution in [0.3, 0.4) is 0 Å². The van der Waals surface area contributed by atoms with Gasteiger partial charge in [0, 0.05) is 29.3 Å². The minimum Gasteiger partial charge on any atom is -0.504 e. The highest BCUT2D eigenvalue weighted by Crippen LogP contribution is 2.47. The number of rotatable bonds is 6. The maximum atomic E-state index is 13.6. The first-order valence-corrected chi connectivity index (χ1v) is 11.7. The lowest BCUT2D eigenvalue weighted by molar-refractivity contribution is -0.144. The quantitative estimate of drug-likeness (QED) is 0.582. The summed E-state index contributed by atoms with van der Waals surface area (Å²) in [6.07, 6.45) is 1.47. The van der Waals surface area contributed by atoms with Crippen molar-refractivity contribution in [2.75, 3.05) is 7.11 Å². The number of phenolic OH excluding ortho intramolecular Hbond substituents is 1. The highest BCUT2D eigenvalue weighted by Gasteiger charge is 2.41. The van der Waals surface area contributed by atoms with Crippen molar-refractivity contribution in [1.29, 1.82) is 0 Å². The molecule has 2 aromatic carbocycles. The number of hydrogen-bond donors (Lipinski definition) is 2. The lowest BCUT2D eigenvalue weighted by Gasteiger charge is -2.37. The summed E-state index contributed by atoms with van der Waals surface area (Å²) >= 11 is 0. The first-order chi connectivity index (χ1) is 16.3. The van der Waals surface area contributed by atoms with Crippen molar-refractivity contribution in [1.82, 2.24) is 5.32 Å². The van der Waals surface area contributed by atoms with Crippen molar-refractivity contribution in [3.05, 3.63) is 82.2 Å². The largest absolute Gasteiger partial charge is 0.504 e. The Morgan fingerprint density at radius 2 is 1.88 bits per heavy atom. The molecule has 3 atom stereocenters. The van der Waals surface area contributed by atoms with Crippen molar-refractivity contribution in [2.24, 2.45) is 0 Å². The Morgan fingerprint density at radius 3 is 2.56 bits per heavy atom. The average molecular weight is 462 g/mol. The summed E-state index contributed by atoms with van der Waals surface area (Å²) in [6.45, 7) is 5.65. The van der Waals surface area contributed by atoms with Crippen LogP contribution >= 0.6 is 0 Å². The van der Waals surface area contributed by atoms with E-state index in [0.29, 0.717) is 41.7 Å². The summed E-state index contributed by atoms with van der Waals surface area (Å²) in [5.74, 6) is -0.696. The van der Waals surface area contributed by atoms with Crippen LogP contribution < -0.4 is 10.1 Å². The van der Waals surface area contributed by atoms with Crippen molar-refractivity contribution < 1.29 is 24.2 Å². The standard InChI is InChI=1S/C28H31NO5/c1-5-16(2)34-28(32)25-17(3)29-21-13-20(18-9-7-6-8-10-18)14-23(31)27(21)26(25)19-11-12-22(30)24(15-19)33-4/h6-12,15-16,20,26,29-30H,5,13-14H2,1-4H3/t16-,20-,26+/m1/s1. The zero-order valence-corrected chi connectivity index (χ0v) is 20.1. The number of methoxy groups -OCH3 is 1. The molecule has 1 aliphatic carbocycles. The number of Topliss-reactive ketones (excluding diaryl/α,β-unsaturated/α-hetero) is 1. The van der Waals surface area contributed by atoms with Gasteiger partial charge in [0.2, 0.25) is 0 Å². The minimum atomic E-state index is -0.605. The smallest absolute Gasteiger partial charge is 0.337 e. The second kappa shape index (κ2) is 9.75. The average Bonchev–Trinajstić information content (AvgIpc) is 2.83. The zero-order chi connectivity index (χ0) is 24.4. The van der Waals surface area contributed by atoms with Crippen molar-refractivity contribution in [3.63, 3.8) is 0 Å². The third-order valence-corrected chi connectivity index (χ3v) is 6.74. The topological polar surface area (TPSA) is 84.9 Å². The van der Waals surface area contributed by atoms with Gasteiger partial charge in [-0.1, -0.05) is 43.3 Å². The van der Waals surface area contributed by atoms with Crippen molar-refractivity contribution in [2.45, 2.75) is 58.0 Å². The van der Waals surface area contributed by atoms with E-state index in [-0.39, 0.29) is 29.3 Å². The number of carbonyl (C=O) groups excluding carboxylic acids is 2. The van der Waals surface area contributed by atoms with Gasteiger partial charge >= 0.3 is 5.97 Å². The molecule has 0 saturated carbocycles. The first kappa shape index (κ1) is 23.6. The Balaban J connectivity index is 1.82. The fraction of sp³-hybridized carbons (Fsp3) is 0.357. The fourth-order valence-corrected chi connectivity index (χ4v) is 4.81. The number of aromatic hydroxyl groups is 1. The molecule has 2 aromatic rings. The van der Waals surface area contributed by atoms with Gasteiger partial charge < -0.3 is 19.9 Å². The molecule has 2 aliphatic rings. The van der Waals surface area contributed by atoms with Crippen LogP contribution in [0.25, 0.3) is 0 Å². The second-order valence-electron chi connectivity index (χ2n) is 8.98. The number of ketones is 1. The Kier molecular flexibility index (Phi) is 6.77. The third kappa shape index (κ3) is 4.45. The molecular weight excluding hydrogens is 430 g/mol. The van der Waals surface area contributed by atoms with E-state index in [1.165, 1.54) is 13.2 Å². The predicted octanol–water partition coefficient (Wildman–Crippen LogP) is 5.10. The van der Waals surface area contributed by atoms with Gasteiger partial charge in [-0.2, -0.15) is 0 Å². The first-order valence-electron chi connectivity index (χ1n) is 11.7. The van der Waals surface area contributed by atoms with E-state index >= 15 is 0 Å². The number of phenols is 1. The molecule has 1 aliphatic heterocycles. The summed E-state index contributed by atoms with van der Waals surface area (Å²) in [7, 11) is 1.47. The Morgan fingerprint density at radius 1 is 1.15 bits per heavy atom. The SMILES string of the molecule is CC[C@@H](C)OC(=O)C1=C(C)NC2=C(C(=O)C[C@H](c3ccccc3)C2)[C@H]1c1ccc(O)c(OC)c1. The van der Waals surface area contributed by atoms with Crippen LogP contribution in [0.2, 0.25) is 0 Å². The molecule has 0 amide bonds. The molecule has 0 aromatic heterocycles. The summed E-state index contributed by atoms with van der Waals surface area (Å²) in [4.78, 5) is 26.9. The summed E-state index contributed by atoms with van der Waals surface area (Å²) in [5, 5.41) is 13.5. The van der Waals surface area contributed by atoms with Crippen molar-refractivity contribution >= 4 is 11.8 Å². The summed E-state index contributed by atoms with van der Waals surface area (Å²) in [5.41, 5.74) is 4.33. The molecule has 4 rings (SSSR count). The number of allylic oxidation sites excluding steroid dienone is 3. The molecule has 2 N–H and O–H groups in total. The maximum absolute atomic E-state index is 13.6. The number of esters is 1. The molecule has 0 bridgehead atoms. The molecule has 6 heteroatoms. The van der Waals surface area contributed by atoms with Gasteiger partial charge in [-0.05, 0) is 55.9 Å². The lowest BCUT2D eigenvalue weighted by atomic mass is 9.71. The van der Waals surface area contributed by atoms with Gasteiger partial charge in [0.1, 0.15) is 0 Å². The van der Waals surface area contributed by atoms with E-state index < -0.39 is 11.9 Å². The third-order valence-electron chi connectivity index (χ3n) is 6.74. The highest BCUT2D eigenvalue weighted by molar-refractivity contribution is 6.04. The lowest BCUT2D eigenvalue weighted by Crippen LogP contribution is -2.36. The summed E-state index contributed by atoms with van der Waals surface area (Å²) < 4.78 is 11.0. The van der Waals surface area contributed by atoms with Crippen molar-refractivity contribution in [3.8, 4) is 11.5 Å². The van der Waals surface area contributed by atoms with E-state index in [2.05, 4.69) is 5.32 Å². The number of ether oxygens (including phenoxy) is 2. The number of carbonyl (C=O) groups is 2. The van der Waals surface area contributed by atoms with Gasteiger partial charge in [0.05, 0.1) is 18.8 Å². The van der Waals surface area contributed by atoms with E-state index in [9.17, 15) is 14.7 Å². The van der Waals surface area contributed by atoms with Crippen LogP contribution in [0.1, 0.15) is 63.0 Å². The number of dihydropyridines is 1. The molecular formula is C28H31NO5. The molecule has 34 heavy (non-hydrogen) atoms. The molecule has 0 radical (unpaired) electrons. The Labute approximate surface area is 200 Å². The molecule has 0 unspecified atom stereocenters. The van der Waals surface area contributed by atoms with E-state index in [1.807, 2.05) is 51.1 Å². The number of hydrogen-bond acceptors (Lipinski definition) is 6. The monoisotopic (exact) mass is 461 g/mol. The Bertz CT molecular complexity index is 1160. The van der Waals surface area contributed by atoms with Crippen LogP contribution in [-0.4, -0.2) is 30.1 Å². The molecule has 0 spiro atoms. The van der Waals surface area contributed by atoms with Crippen LogP contribution in [0.5, 0.6) is 11.5 Å². The number of nitrogens with one attached hydrogen (secondary N) is 1.